The fourth-order valence-electron chi connectivity index (χ4n) is 2.87. The Morgan fingerprint density at radius 3 is 1.96 bits per heavy atom. The fourth-order valence-corrected chi connectivity index (χ4v) is 3.12. The Hall–Kier alpha value is -2.07. The highest BCUT2D eigenvalue weighted by Gasteiger charge is 2.19. The van der Waals surface area contributed by atoms with Crippen molar-refractivity contribution >= 4 is 17.3 Å². The molecule has 1 N–H and O–H groups in total. The maximum Gasteiger partial charge on any atom is 0.287 e. The Morgan fingerprint density at radius 1 is 1.04 bits per heavy atom. The molecule has 0 spiro atoms. The van der Waals surface area contributed by atoms with Gasteiger partial charge >= 0.3 is 0 Å². The monoisotopic (exact) mass is 361 g/mol. The molecule has 0 fully saturated rings. The number of nitro groups is 1. The molecule has 0 aromatic heterocycles. The third-order valence-corrected chi connectivity index (χ3v) is 5.24. The van der Waals surface area contributed by atoms with Gasteiger partial charge in [-0.25, -0.2) is 0 Å². The first-order chi connectivity index (χ1) is 11.8. The van der Waals surface area contributed by atoms with Gasteiger partial charge in [0.15, 0.2) is 0 Å². The molecule has 2 atom stereocenters. The molecule has 2 unspecified atom stereocenters. The number of aromatic hydroxyl groups is 1. The number of nitrogens with zero attached hydrogens (tertiary/aromatic N) is 1. The van der Waals surface area contributed by atoms with Crippen molar-refractivity contribution in [2.24, 2.45) is 0 Å². The van der Waals surface area contributed by atoms with Crippen LogP contribution in [-0.2, 0) is 0 Å². The minimum Gasteiger partial charge on any atom is -0.507 e. The van der Waals surface area contributed by atoms with Crippen molar-refractivity contribution in [3.63, 3.8) is 0 Å². The van der Waals surface area contributed by atoms with Crippen LogP contribution in [0.3, 0.4) is 0 Å². The van der Waals surface area contributed by atoms with Crippen LogP contribution in [-0.4, -0.2) is 10.0 Å². The molecular formula is C20H24ClNO3. The number of rotatable bonds is 6. The summed E-state index contributed by atoms with van der Waals surface area (Å²) in [5.41, 5.74) is 3.44. The lowest BCUT2D eigenvalue weighted by Gasteiger charge is -2.20. The molecule has 0 saturated carbocycles. The number of hydrogen-bond acceptors (Lipinski definition) is 3. The number of halogens is 1. The van der Waals surface area contributed by atoms with Crippen molar-refractivity contribution in [1.29, 1.82) is 0 Å². The van der Waals surface area contributed by atoms with Crippen LogP contribution in [0, 0.1) is 10.1 Å². The SMILES string of the molecule is CCC(C)c1cc(-c2ccc([N+](=O)[O-])c(Cl)c2)cc(C(C)CC)c1O. The molecule has 4 nitrogen and oxygen atoms in total. The van der Waals surface area contributed by atoms with Crippen LogP contribution < -0.4 is 0 Å². The van der Waals surface area contributed by atoms with Gasteiger partial charge in [0.25, 0.3) is 5.69 Å². The Balaban J connectivity index is 2.64. The molecule has 25 heavy (non-hydrogen) atoms. The van der Waals surface area contributed by atoms with Crippen molar-refractivity contribution in [1.82, 2.24) is 0 Å². The molecule has 0 amide bonds. The van der Waals surface area contributed by atoms with Crippen molar-refractivity contribution in [3.05, 3.63) is 56.6 Å². The normalized spacial score (nSPS) is 13.5. The number of phenols is 1. The van der Waals surface area contributed by atoms with Crippen molar-refractivity contribution < 1.29 is 10.0 Å². The van der Waals surface area contributed by atoms with Gasteiger partial charge in [0, 0.05) is 6.07 Å². The molecule has 2 aromatic carbocycles. The summed E-state index contributed by atoms with van der Waals surface area (Å²) in [6.07, 6.45) is 1.83. The number of hydrogen-bond donors (Lipinski definition) is 1. The third kappa shape index (κ3) is 3.96. The maximum absolute atomic E-state index is 11.0. The number of benzene rings is 2. The number of phenolic OH excluding ortho intramolecular Hbond substituents is 1. The van der Waals surface area contributed by atoms with E-state index in [1.165, 1.54) is 6.07 Å². The van der Waals surface area contributed by atoms with E-state index in [2.05, 4.69) is 27.7 Å². The summed E-state index contributed by atoms with van der Waals surface area (Å²) < 4.78 is 0. The van der Waals surface area contributed by atoms with Gasteiger partial charge in [0.2, 0.25) is 0 Å². The quantitative estimate of drug-likeness (QED) is 0.462. The van der Waals surface area contributed by atoms with Gasteiger partial charge in [-0.1, -0.05) is 39.3 Å². The Bertz CT molecular complexity index is 758. The number of nitro benzene ring substituents is 1. The zero-order chi connectivity index (χ0) is 18.7. The highest BCUT2D eigenvalue weighted by atomic mass is 35.5. The van der Waals surface area contributed by atoms with Crippen LogP contribution in [0.4, 0.5) is 5.69 Å². The Labute approximate surface area is 153 Å². The second-order valence-electron chi connectivity index (χ2n) is 6.55. The van der Waals surface area contributed by atoms with E-state index in [1.54, 1.807) is 12.1 Å². The van der Waals surface area contributed by atoms with Gasteiger partial charge in [0.05, 0.1) is 4.92 Å². The second-order valence-corrected chi connectivity index (χ2v) is 6.95. The third-order valence-electron chi connectivity index (χ3n) is 4.93. The summed E-state index contributed by atoms with van der Waals surface area (Å²) in [4.78, 5) is 10.5. The van der Waals surface area contributed by atoms with Crippen LogP contribution in [0.5, 0.6) is 5.75 Å². The minimum absolute atomic E-state index is 0.103. The highest BCUT2D eigenvalue weighted by molar-refractivity contribution is 6.32. The zero-order valence-corrected chi connectivity index (χ0v) is 15.8. The molecule has 0 aliphatic heterocycles. The predicted molar refractivity (Wildman–Crippen MR) is 103 cm³/mol. The van der Waals surface area contributed by atoms with E-state index < -0.39 is 4.92 Å². The first-order valence-electron chi connectivity index (χ1n) is 8.61. The molecule has 0 bridgehead atoms. The first-order valence-corrected chi connectivity index (χ1v) is 8.98. The molecule has 0 heterocycles. The van der Waals surface area contributed by atoms with Crippen LogP contribution >= 0.6 is 11.6 Å². The van der Waals surface area contributed by atoms with Gasteiger partial charge in [-0.15, -0.1) is 0 Å². The average Bonchev–Trinajstić information content (AvgIpc) is 2.60. The van der Waals surface area contributed by atoms with Gasteiger partial charge < -0.3 is 5.11 Å². The zero-order valence-electron chi connectivity index (χ0n) is 15.0. The topological polar surface area (TPSA) is 63.4 Å². The van der Waals surface area contributed by atoms with E-state index in [0.29, 0.717) is 5.75 Å². The van der Waals surface area contributed by atoms with Crippen molar-refractivity contribution in [3.8, 4) is 16.9 Å². The van der Waals surface area contributed by atoms with E-state index >= 15 is 0 Å². The Kier molecular flexibility index (Phi) is 6.07. The summed E-state index contributed by atoms with van der Waals surface area (Å²) in [6.45, 7) is 8.34. The molecule has 0 aliphatic rings. The van der Waals surface area contributed by atoms with Crippen LogP contribution in [0.2, 0.25) is 5.02 Å². The van der Waals surface area contributed by atoms with E-state index in [4.69, 9.17) is 11.6 Å². The van der Waals surface area contributed by atoms with E-state index in [9.17, 15) is 15.2 Å². The summed E-state index contributed by atoms with van der Waals surface area (Å²) in [5, 5.41) is 21.8. The molecule has 2 rings (SSSR count). The lowest BCUT2D eigenvalue weighted by molar-refractivity contribution is -0.384. The van der Waals surface area contributed by atoms with Crippen LogP contribution in [0.25, 0.3) is 11.1 Å². The molecule has 2 aromatic rings. The first kappa shape index (κ1) is 19.3. The van der Waals surface area contributed by atoms with E-state index in [0.717, 1.165) is 35.1 Å². The minimum atomic E-state index is -0.488. The molecule has 0 aliphatic carbocycles. The standard InChI is InChI=1S/C20H24ClNO3/c1-5-12(3)16-9-15(10-17(20(16)23)13(4)6-2)14-7-8-19(22(24)25)18(21)11-14/h7-13,23H,5-6H2,1-4H3. The lowest BCUT2D eigenvalue weighted by Crippen LogP contribution is -2.00. The second kappa shape index (κ2) is 7.87. The van der Waals surface area contributed by atoms with E-state index in [1.807, 2.05) is 12.1 Å². The van der Waals surface area contributed by atoms with Crippen LogP contribution in [0.15, 0.2) is 30.3 Å². The highest BCUT2D eigenvalue weighted by Crippen LogP contribution is 2.40. The van der Waals surface area contributed by atoms with Gasteiger partial charge in [-0.2, -0.15) is 0 Å². The van der Waals surface area contributed by atoms with Gasteiger partial charge in [-0.3, -0.25) is 10.1 Å². The van der Waals surface area contributed by atoms with Gasteiger partial charge in [0.1, 0.15) is 10.8 Å². The Morgan fingerprint density at radius 2 is 1.56 bits per heavy atom. The maximum atomic E-state index is 11.0. The summed E-state index contributed by atoms with van der Waals surface area (Å²) in [6, 6.07) is 8.68. The smallest absolute Gasteiger partial charge is 0.287 e. The molecule has 5 heteroatoms. The summed E-state index contributed by atoms with van der Waals surface area (Å²) in [7, 11) is 0. The molecule has 0 radical (unpaired) electrons. The summed E-state index contributed by atoms with van der Waals surface area (Å²) >= 11 is 6.07. The fraction of sp³-hybridized carbons (Fsp3) is 0.400. The molecule has 134 valence electrons. The average molecular weight is 362 g/mol. The molecular weight excluding hydrogens is 338 g/mol. The van der Waals surface area contributed by atoms with Crippen LogP contribution in [0.1, 0.15) is 63.5 Å². The lowest BCUT2D eigenvalue weighted by atomic mass is 9.87. The van der Waals surface area contributed by atoms with E-state index in [-0.39, 0.29) is 22.5 Å². The largest absolute Gasteiger partial charge is 0.507 e. The predicted octanol–water partition coefficient (Wildman–Crippen LogP) is 6.65. The van der Waals surface area contributed by atoms with Crippen molar-refractivity contribution in [2.75, 3.05) is 0 Å². The summed E-state index contributed by atoms with van der Waals surface area (Å²) in [5.74, 6) is 0.799. The van der Waals surface area contributed by atoms with Gasteiger partial charge in [-0.05, 0) is 71.2 Å². The van der Waals surface area contributed by atoms with Crippen molar-refractivity contribution in [2.45, 2.75) is 52.4 Å². The molecule has 0 saturated heterocycles.